The fraction of sp³-hybridized carbons (Fsp3) is 0.500. The number of primary amides is 1. The number of carbonyl (C=O) groups is 2. The fourth-order valence-corrected chi connectivity index (χ4v) is 2.59. The normalized spacial score (nSPS) is 17.4. The van der Waals surface area contributed by atoms with E-state index in [0.29, 0.717) is 19.7 Å². The van der Waals surface area contributed by atoms with Gasteiger partial charge in [0.15, 0.2) is 0 Å². The SMILES string of the molecule is COc1ccc(OC[C@H]2CCCN(C(=O)CNC(N)=O)C2)cc1. The molecule has 0 spiro atoms. The summed E-state index contributed by atoms with van der Waals surface area (Å²) >= 11 is 0. The number of methoxy groups -OCH3 is 1. The maximum Gasteiger partial charge on any atom is 0.312 e. The minimum atomic E-state index is -0.685. The van der Waals surface area contributed by atoms with Crippen molar-refractivity contribution < 1.29 is 19.1 Å². The van der Waals surface area contributed by atoms with E-state index in [1.165, 1.54) is 0 Å². The molecule has 1 aliphatic rings. The highest BCUT2D eigenvalue weighted by molar-refractivity contribution is 5.83. The van der Waals surface area contributed by atoms with Crippen molar-refractivity contribution in [2.24, 2.45) is 11.7 Å². The van der Waals surface area contributed by atoms with Gasteiger partial charge in [-0.05, 0) is 37.1 Å². The Morgan fingerprint density at radius 3 is 2.65 bits per heavy atom. The highest BCUT2D eigenvalue weighted by Crippen LogP contribution is 2.21. The zero-order valence-electron chi connectivity index (χ0n) is 13.3. The number of benzene rings is 1. The molecule has 1 atom stereocenters. The number of rotatable bonds is 6. The van der Waals surface area contributed by atoms with Crippen molar-refractivity contribution in [3.8, 4) is 11.5 Å². The van der Waals surface area contributed by atoms with Gasteiger partial charge in [0.05, 0.1) is 20.3 Å². The van der Waals surface area contributed by atoms with Crippen LogP contribution < -0.4 is 20.5 Å². The number of hydrogen-bond donors (Lipinski definition) is 2. The summed E-state index contributed by atoms with van der Waals surface area (Å²) in [4.78, 5) is 24.4. The minimum absolute atomic E-state index is 0.0542. The van der Waals surface area contributed by atoms with Gasteiger partial charge in [-0.1, -0.05) is 0 Å². The summed E-state index contributed by atoms with van der Waals surface area (Å²) in [6.07, 6.45) is 1.95. The Kier molecular flexibility index (Phi) is 6.08. The lowest BCUT2D eigenvalue weighted by atomic mass is 9.99. The summed E-state index contributed by atoms with van der Waals surface area (Å²) in [7, 11) is 1.62. The standard InChI is InChI=1S/C16H23N3O4/c1-22-13-4-6-14(7-5-13)23-11-12-3-2-8-19(10-12)15(20)9-18-16(17)21/h4-7,12H,2-3,8-11H2,1H3,(H3,17,18,21)/t12-/m0/s1. The van der Waals surface area contributed by atoms with E-state index in [-0.39, 0.29) is 18.4 Å². The van der Waals surface area contributed by atoms with Gasteiger partial charge in [0, 0.05) is 19.0 Å². The molecule has 1 heterocycles. The topological polar surface area (TPSA) is 93.9 Å². The lowest BCUT2D eigenvalue weighted by Gasteiger charge is -2.32. The van der Waals surface area contributed by atoms with Gasteiger partial charge in [-0.3, -0.25) is 4.79 Å². The molecule has 0 aliphatic carbocycles. The summed E-state index contributed by atoms with van der Waals surface area (Å²) < 4.78 is 10.9. The minimum Gasteiger partial charge on any atom is -0.497 e. The first-order valence-electron chi connectivity index (χ1n) is 7.66. The molecule has 0 radical (unpaired) electrons. The molecule has 1 fully saturated rings. The Morgan fingerprint density at radius 2 is 2.00 bits per heavy atom. The molecule has 2 rings (SSSR count). The number of carbonyl (C=O) groups excluding carboxylic acids is 2. The third-order valence-corrected chi connectivity index (χ3v) is 3.83. The molecular formula is C16H23N3O4. The molecule has 0 unspecified atom stereocenters. The number of amides is 3. The van der Waals surface area contributed by atoms with Crippen LogP contribution in [-0.2, 0) is 4.79 Å². The van der Waals surface area contributed by atoms with E-state index in [0.717, 1.165) is 24.3 Å². The van der Waals surface area contributed by atoms with Crippen LogP contribution in [0.5, 0.6) is 11.5 Å². The van der Waals surface area contributed by atoms with Crippen molar-refractivity contribution in [3.05, 3.63) is 24.3 Å². The number of ether oxygens (including phenoxy) is 2. The molecule has 3 N–H and O–H groups in total. The van der Waals surface area contributed by atoms with Gasteiger partial charge in [0.1, 0.15) is 11.5 Å². The highest BCUT2D eigenvalue weighted by Gasteiger charge is 2.24. The van der Waals surface area contributed by atoms with Gasteiger partial charge in [0.2, 0.25) is 5.91 Å². The van der Waals surface area contributed by atoms with Gasteiger partial charge in [0.25, 0.3) is 0 Å². The van der Waals surface area contributed by atoms with Crippen LogP contribution in [0.2, 0.25) is 0 Å². The van der Waals surface area contributed by atoms with Crippen LogP contribution in [0.4, 0.5) is 4.79 Å². The summed E-state index contributed by atoms with van der Waals surface area (Å²) in [5.41, 5.74) is 4.98. The number of nitrogens with zero attached hydrogens (tertiary/aromatic N) is 1. The summed E-state index contributed by atoms with van der Waals surface area (Å²) in [5, 5.41) is 2.33. The quantitative estimate of drug-likeness (QED) is 0.817. The number of likely N-dealkylation sites (tertiary alicyclic amines) is 1. The zero-order valence-corrected chi connectivity index (χ0v) is 13.3. The van der Waals surface area contributed by atoms with Gasteiger partial charge in [-0.25, -0.2) is 4.79 Å². The van der Waals surface area contributed by atoms with Crippen LogP contribution in [0.25, 0.3) is 0 Å². The van der Waals surface area contributed by atoms with Crippen LogP contribution in [-0.4, -0.2) is 50.2 Å². The molecule has 0 bridgehead atoms. The Hall–Kier alpha value is -2.44. The van der Waals surface area contributed by atoms with Crippen LogP contribution in [0.1, 0.15) is 12.8 Å². The van der Waals surface area contributed by atoms with Crippen LogP contribution in [0.15, 0.2) is 24.3 Å². The zero-order chi connectivity index (χ0) is 16.7. The van der Waals surface area contributed by atoms with E-state index >= 15 is 0 Å². The Labute approximate surface area is 135 Å². The molecule has 1 aromatic rings. The number of piperidine rings is 1. The molecule has 1 aromatic carbocycles. The summed E-state index contributed by atoms with van der Waals surface area (Å²) in [5.74, 6) is 1.74. The molecular weight excluding hydrogens is 298 g/mol. The Morgan fingerprint density at radius 1 is 1.30 bits per heavy atom. The van der Waals surface area contributed by atoms with Gasteiger partial charge >= 0.3 is 6.03 Å². The third-order valence-electron chi connectivity index (χ3n) is 3.83. The molecule has 1 aliphatic heterocycles. The van der Waals surface area contributed by atoms with E-state index in [1.807, 2.05) is 24.3 Å². The van der Waals surface area contributed by atoms with E-state index in [4.69, 9.17) is 15.2 Å². The predicted octanol–water partition coefficient (Wildman–Crippen LogP) is 0.981. The van der Waals surface area contributed by atoms with Crippen LogP contribution in [0.3, 0.4) is 0 Å². The lowest BCUT2D eigenvalue weighted by molar-refractivity contribution is -0.132. The second-order valence-electron chi connectivity index (χ2n) is 5.55. The average Bonchev–Trinajstić information content (AvgIpc) is 2.58. The fourth-order valence-electron chi connectivity index (χ4n) is 2.59. The van der Waals surface area contributed by atoms with Crippen LogP contribution in [0, 0.1) is 5.92 Å². The molecule has 126 valence electrons. The van der Waals surface area contributed by atoms with Gasteiger partial charge in [-0.2, -0.15) is 0 Å². The largest absolute Gasteiger partial charge is 0.497 e. The molecule has 23 heavy (non-hydrogen) atoms. The van der Waals surface area contributed by atoms with Crippen molar-refractivity contribution in [1.29, 1.82) is 0 Å². The second kappa shape index (κ2) is 8.26. The molecule has 7 heteroatoms. The first-order chi connectivity index (χ1) is 11.1. The maximum absolute atomic E-state index is 12.0. The second-order valence-corrected chi connectivity index (χ2v) is 5.55. The predicted molar refractivity (Wildman–Crippen MR) is 85.4 cm³/mol. The number of nitrogens with two attached hydrogens (primary N) is 1. The number of urea groups is 1. The first kappa shape index (κ1) is 16.9. The van der Waals surface area contributed by atoms with E-state index < -0.39 is 6.03 Å². The maximum atomic E-state index is 12.0. The Bertz CT molecular complexity index is 533. The summed E-state index contributed by atoms with van der Waals surface area (Å²) in [6, 6.07) is 6.74. The average molecular weight is 321 g/mol. The van der Waals surface area contributed by atoms with E-state index in [9.17, 15) is 9.59 Å². The molecule has 0 aromatic heterocycles. The number of nitrogens with one attached hydrogen (secondary N) is 1. The van der Waals surface area contributed by atoms with Crippen molar-refractivity contribution in [1.82, 2.24) is 10.2 Å². The molecule has 1 saturated heterocycles. The molecule has 0 saturated carbocycles. The van der Waals surface area contributed by atoms with Crippen molar-refractivity contribution in [2.75, 3.05) is 33.4 Å². The van der Waals surface area contributed by atoms with E-state index in [2.05, 4.69) is 5.32 Å². The third kappa shape index (κ3) is 5.36. The van der Waals surface area contributed by atoms with Crippen molar-refractivity contribution in [3.63, 3.8) is 0 Å². The smallest absolute Gasteiger partial charge is 0.312 e. The lowest BCUT2D eigenvalue weighted by Crippen LogP contribution is -2.46. The highest BCUT2D eigenvalue weighted by atomic mass is 16.5. The van der Waals surface area contributed by atoms with Gasteiger partial charge < -0.3 is 25.4 Å². The monoisotopic (exact) mass is 321 g/mol. The van der Waals surface area contributed by atoms with Crippen LogP contribution >= 0.6 is 0 Å². The summed E-state index contributed by atoms with van der Waals surface area (Å²) in [6.45, 7) is 1.84. The van der Waals surface area contributed by atoms with E-state index in [1.54, 1.807) is 12.0 Å². The molecule has 7 nitrogen and oxygen atoms in total. The first-order valence-corrected chi connectivity index (χ1v) is 7.66. The van der Waals surface area contributed by atoms with Gasteiger partial charge in [-0.15, -0.1) is 0 Å². The van der Waals surface area contributed by atoms with Crippen molar-refractivity contribution in [2.45, 2.75) is 12.8 Å². The Balaban J connectivity index is 1.78. The van der Waals surface area contributed by atoms with Crippen molar-refractivity contribution >= 4 is 11.9 Å². The number of hydrogen-bond acceptors (Lipinski definition) is 4. The molecule has 3 amide bonds.